The number of fused-ring (bicyclic) bond motifs is 6. The van der Waals surface area contributed by atoms with E-state index in [1.807, 2.05) is 24.3 Å². The highest BCUT2D eigenvalue weighted by Gasteiger charge is 2.46. The smallest absolute Gasteiger partial charge is 0.123 e. The summed E-state index contributed by atoms with van der Waals surface area (Å²) in [5.41, 5.74) is 22.0. The minimum atomic E-state index is -0.577. The summed E-state index contributed by atoms with van der Waals surface area (Å²) in [6.45, 7) is 8.05. The maximum absolute atomic E-state index is 14.1. The number of hydrogen-bond acceptors (Lipinski definition) is 1. The van der Waals surface area contributed by atoms with Crippen LogP contribution in [0.5, 0.6) is 0 Å². The van der Waals surface area contributed by atoms with E-state index in [0.29, 0.717) is 0 Å². The second-order valence-corrected chi connectivity index (χ2v) is 19.1. The third kappa shape index (κ3) is 7.40. The Balaban J connectivity index is 0.961. The molecule has 1 atom stereocenters. The van der Waals surface area contributed by atoms with E-state index < -0.39 is 5.41 Å². The van der Waals surface area contributed by atoms with Gasteiger partial charge in [0.25, 0.3) is 0 Å². The number of hydrogen-bond donors (Lipinski definition) is 0. The predicted octanol–water partition coefficient (Wildman–Crippen LogP) is 19.0. The van der Waals surface area contributed by atoms with Crippen molar-refractivity contribution in [2.75, 3.05) is 4.90 Å². The van der Waals surface area contributed by atoms with Crippen LogP contribution in [0.15, 0.2) is 274 Å². The van der Waals surface area contributed by atoms with Crippen molar-refractivity contribution >= 4 is 51.0 Å². The molecule has 0 fully saturated rings. The Morgan fingerprint density at radius 1 is 0.365 bits per heavy atom. The minimum Gasteiger partial charge on any atom is -0.310 e. The van der Waals surface area contributed by atoms with E-state index >= 15 is 0 Å². The Labute approximate surface area is 431 Å². The number of benzene rings is 11. The molecule has 3 heteroatoms. The zero-order valence-corrected chi connectivity index (χ0v) is 40.7. The molecule has 1 aromatic heterocycles. The van der Waals surface area contributed by atoms with Gasteiger partial charge in [0.05, 0.1) is 16.4 Å². The Hall–Kier alpha value is -9.57. The SMILES string of the molecule is C=Cc1ccc(-n2c3ccc(-c4ccc(F)cc4)cc3c3cc(-c4ccc(N(c5ccc(-c6ccccc6)cc5)c5ccc6c(c5)C(c5ccccc5)(c5ccc(C=C)cc5)c5ccccc5-6)cc4)ccc32)cc1. The van der Waals surface area contributed by atoms with Crippen molar-refractivity contribution in [2.45, 2.75) is 5.41 Å². The molecule has 0 spiro atoms. The zero-order valence-electron chi connectivity index (χ0n) is 40.7. The quantitative estimate of drug-likeness (QED) is 0.125. The van der Waals surface area contributed by atoms with Crippen LogP contribution >= 0.6 is 0 Å². The van der Waals surface area contributed by atoms with Crippen LogP contribution in [0.4, 0.5) is 21.5 Å². The van der Waals surface area contributed by atoms with Crippen LogP contribution in [-0.2, 0) is 5.41 Å². The van der Waals surface area contributed by atoms with Crippen LogP contribution < -0.4 is 4.90 Å². The van der Waals surface area contributed by atoms with Gasteiger partial charge in [0.2, 0.25) is 0 Å². The molecule has 1 aliphatic rings. The molecule has 1 unspecified atom stereocenters. The third-order valence-electron chi connectivity index (χ3n) is 15.1. The van der Waals surface area contributed by atoms with E-state index in [1.165, 1.54) is 51.1 Å². The van der Waals surface area contributed by atoms with Crippen LogP contribution in [0.1, 0.15) is 33.4 Å². The molecule has 2 nitrogen and oxygen atoms in total. The number of aromatic nitrogens is 1. The number of rotatable bonds is 11. The Bertz CT molecular complexity index is 4060. The molecule has 1 heterocycles. The van der Waals surface area contributed by atoms with E-state index in [2.05, 4.69) is 259 Å². The van der Waals surface area contributed by atoms with Crippen molar-refractivity contribution in [3.8, 4) is 50.2 Å². The Kier molecular flexibility index (Phi) is 10.9. The summed E-state index contributed by atoms with van der Waals surface area (Å²) in [5.74, 6) is -0.247. The minimum absolute atomic E-state index is 0.247. The van der Waals surface area contributed by atoms with E-state index in [9.17, 15) is 4.39 Å². The Morgan fingerprint density at radius 3 is 1.39 bits per heavy atom. The van der Waals surface area contributed by atoms with Crippen molar-refractivity contribution in [1.29, 1.82) is 0 Å². The monoisotopic (exact) mass is 948 g/mol. The average Bonchev–Trinajstić information content (AvgIpc) is 4.05. The summed E-state index contributed by atoms with van der Waals surface area (Å²) < 4.78 is 16.4. The summed E-state index contributed by atoms with van der Waals surface area (Å²) >= 11 is 0. The molecular formula is C71H49FN2. The molecule has 350 valence electrons. The lowest BCUT2D eigenvalue weighted by atomic mass is 9.67. The lowest BCUT2D eigenvalue weighted by Crippen LogP contribution is -2.28. The number of anilines is 3. The maximum Gasteiger partial charge on any atom is 0.123 e. The van der Waals surface area contributed by atoms with E-state index in [1.54, 1.807) is 0 Å². The fraction of sp³-hybridized carbons (Fsp3) is 0.0141. The van der Waals surface area contributed by atoms with Crippen molar-refractivity contribution in [3.05, 3.63) is 313 Å². The van der Waals surface area contributed by atoms with E-state index in [-0.39, 0.29) is 5.82 Å². The summed E-state index contributed by atoms with van der Waals surface area (Å²) in [5, 5.41) is 2.26. The summed E-state index contributed by atoms with van der Waals surface area (Å²) in [4.78, 5) is 2.39. The van der Waals surface area contributed by atoms with Gasteiger partial charge < -0.3 is 9.47 Å². The van der Waals surface area contributed by atoms with E-state index in [0.717, 1.165) is 83.5 Å². The van der Waals surface area contributed by atoms with E-state index in [4.69, 9.17) is 0 Å². The van der Waals surface area contributed by atoms with Gasteiger partial charge in [-0.3, -0.25) is 0 Å². The van der Waals surface area contributed by atoms with Crippen LogP contribution in [0.25, 0.3) is 84.2 Å². The zero-order chi connectivity index (χ0) is 49.8. The lowest BCUT2D eigenvalue weighted by molar-refractivity contribution is 0.628. The first-order valence-electron chi connectivity index (χ1n) is 25.1. The fourth-order valence-electron chi connectivity index (χ4n) is 11.5. The largest absolute Gasteiger partial charge is 0.310 e. The molecule has 0 radical (unpaired) electrons. The molecule has 0 saturated carbocycles. The summed E-state index contributed by atoms with van der Waals surface area (Å²) in [6.07, 6.45) is 3.78. The van der Waals surface area contributed by atoms with Gasteiger partial charge in [0.1, 0.15) is 5.82 Å². The molecule has 11 aromatic carbocycles. The standard InChI is InChI=1S/C71H49FN2/c1-3-48-19-31-57(32-20-48)71(56-15-9-6-10-16-56)67-18-12-11-17-63(67)64-42-41-62(47-68(64)71)73(59-37-25-51(26-38-59)50-13-7-5-8-14-50)60-39-27-53(28-40-60)55-30-44-70-66(46-55)65-45-54(52-23-33-58(72)34-24-52)29-43-69(65)74(70)61-35-21-49(4-2)22-36-61/h3-47H,1-2H2. The molecule has 74 heavy (non-hydrogen) atoms. The van der Waals surface area contributed by atoms with Crippen molar-refractivity contribution < 1.29 is 4.39 Å². The van der Waals surface area contributed by atoms with Crippen LogP contribution in [0, 0.1) is 5.82 Å². The van der Waals surface area contributed by atoms with Crippen LogP contribution in [-0.4, -0.2) is 4.57 Å². The number of halogens is 1. The first-order chi connectivity index (χ1) is 36.5. The summed E-state index contributed by atoms with van der Waals surface area (Å²) in [7, 11) is 0. The second kappa shape index (κ2) is 18.2. The molecule has 0 amide bonds. The first kappa shape index (κ1) is 44.4. The molecule has 13 rings (SSSR count). The van der Waals surface area contributed by atoms with Crippen molar-refractivity contribution in [2.24, 2.45) is 0 Å². The molecule has 1 aliphatic carbocycles. The van der Waals surface area contributed by atoms with Crippen LogP contribution in [0.3, 0.4) is 0 Å². The Morgan fingerprint density at radius 2 is 0.811 bits per heavy atom. The van der Waals surface area contributed by atoms with Crippen LogP contribution in [0.2, 0.25) is 0 Å². The van der Waals surface area contributed by atoms with Gasteiger partial charge in [-0.25, -0.2) is 4.39 Å². The van der Waals surface area contributed by atoms with Gasteiger partial charge >= 0.3 is 0 Å². The average molecular weight is 949 g/mol. The second-order valence-electron chi connectivity index (χ2n) is 19.1. The first-order valence-corrected chi connectivity index (χ1v) is 25.1. The third-order valence-corrected chi connectivity index (χ3v) is 15.1. The number of nitrogens with zero attached hydrogens (tertiary/aromatic N) is 2. The molecular weight excluding hydrogens is 900 g/mol. The molecule has 0 aliphatic heterocycles. The predicted molar refractivity (Wildman–Crippen MR) is 309 cm³/mol. The highest BCUT2D eigenvalue weighted by molar-refractivity contribution is 6.11. The topological polar surface area (TPSA) is 8.17 Å². The molecule has 0 saturated heterocycles. The molecule has 0 N–H and O–H groups in total. The highest BCUT2D eigenvalue weighted by atomic mass is 19.1. The normalized spacial score (nSPS) is 13.6. The van der Waals surface area contributed by atoms with Gasteiger partial charge in [0.15, 0.2) is 0 Å². The highest BCUT2D eigenvalue weighted by Crippen LogP contribution is 2.57. The summed E-state index contributed by atoms with van der Waals surface area (Å²) in [6, 6.07) is 93.0. The molecule has 12 aromatic rings. The van der Waals surface area contributed by atoms with Gasteiger partial charge in [-0.15, -0.1) is 0 Å². The molecule has 0 bridgehead atoms. The van der Waals surface area contributed by atoms with Gasteiger partial charge in [-0.2, -0.15) is 0 Å². The van der Waals surface area contributed by atoms with Crippen molar-refractivity contribution in [3.63, 3.8) is 0 Å². The van der Waals surface area contributed by atoms with Gasteiger partial charge in [-0.05, 0) is 163 Å². The van der Waals surface area contributed by atoms with Crippen molar-refractivity contribution in [1.82, 2.24) is 4.57 Å². The fourth-order valence-corrected chi connectivity index (χ4v) is 11.5. The van der Waals surface area contributed by atoms with Gasteiger partial charge in [-0.1, -0.05) is 201 Å². The van der Waals surface area contributed by atoms with Gasteiger partial charge in [0, 0.05) is 33.5 Å². The maximum atomic E-state index is 14.1. The lowest BCUT2D eigenvalue weighted by Gasteiger charge is -2.35.